The first-order chi connectivity index (χ1) is 10.8. The maximum atomic E-state index is 5.79. The number of hydrogen-bond acceptors (Lipinski definition) is 3. The van der Waals surface area contributed by atoms with Crippen LogP contribution in [0.15, 0.2) is 39.7 Å². The zero-order chi connectivity index (χ0) is 15.2. The molecule has 1 aromatic heterocycles. The largest absolute Gasteiger partial charge is 0.459 e. The Balaban J connectivity index is 1.61. The van der Waals surface area contributed by atoms with E-state index in [4.69, 9.17) is 9.15 Å². The van der Waals surface area contributed by atoms with Gasteiger partial charge in [-0.3, -0.25) is 0 Å². The van der Waals surface area contributed by atoms with E-state index in [1.807, 2.05) is 30.3 Å². The number of ether oxygens (including phenoxy) is 1. The van der Waals surface area contributed by atoms with Crippen molar-refractivity contribution >= 4 is 16.9 Å². The number of para-hydroxylation sites is 1. The molecule has 1 aromatic carbocycles. The van der Waals surface area contributed by atoms with Crippen LogP contribution in [0.3, 0.4) is 0 Å². The van der Waals surface area contributed by atoms with Crippen molar-refractivity contribution in [2.24, 2.45) is 4.99 Å². The van der Waals surface area contributed by atoms with Crippen LogP contribution in [-0.4, -0.2) is 31.8 Å². The van der Waals surface area contributed by atoms with Crippen LogP contribution in [0.4, 0.5) is 0 Å². The van der Waals surface area contributed by atoms with E-state index in [0.717, 1.165) is 55.2 Å². The fourth-order valence-electron chi connectivity index (χ4n) is 2.63. The van der Waals surface area contributed by atoms with Crippen LogP contribution >= 0.6 is 0 Å². The normalized spacial score (nSPS) is 18.8. The van der Waals surface area contributed by atoms with Gasteiger partial charge in [0.25, 0.3) is 0 Å². The van der Waals surface area contributed by atoms with Crippen LogP contribution in [0.2, 0.25) is 0 Å². The van der Waals surface area contributed by atoms with E-state index in [0.29, 0.717) is 12.6 Å². The minimum atomic E-state index is 0.301. The Labute approximate surface area is 130 Å². The summed E-state index contributed by atoms with van der Waals surface area (Å²) in [5, 5.41) is 7.71. The molecule has 0 aliphatic carbocycles. The molecule has 5 heteroatoms. The van der Waals surface area contributed by atoms with E-state index in [2.05, 4.69) is 22.5 Å². The Hall–Kier alpha value is -2.01. The third-order valence-electron chi connectivity index (χ3n) is 3.73. The molecule has 0 radical (unpaired) electrons. The van der Waals surface area contributed by atoms with Crippen LogP contribution in [0.5, 0.6) is 0 Å². The fraction of sp³-hybridized carbons (Fsp3) is 0.471. The molecule has 1 saturated heterocycles. The molecule has 22 heavy (non-hydrogen) atoms. The molecule has 2 aromatic rings. The molecule has 1 aliphatic heterocycles. The average Bonchev–Trinajstić information content (AvgIpc) is 3.18. The maximum absolute atomic E-state index is 5.79. The van der Waals surface area contributed by atoms with Gasteiger partial charge in [-0.15, -0.1) is 0 Å². The number of guanidine groups is 1. The third-order valence-corrected chi connectivity index (χ3v) is 3.73. The summed E-state index contributed by atoms with van der Waals surface area (Å²) in [5.74, 6) is 1.67. The minimum absolute atomic E-state index is 0.301. The quantitative estimate of drug-likeness (QED) is 0.658. The molecule has 3 rings (SSSR count). The molecule has 0 amide bonds. The molecule has 5 nitrogen and oxygen atoms in total. The first kappa shape index (κ1) is 14.9. The van der Waals surface area contributed by atoms with Gasteiger partial charge in [0.1, 0.15) is 17.9 Å². The topological polar surface area (TPSA) is 58.8 Å². The number of benzene rings is 1. The molecule has 1 unspecified atom stereocenters. The lowest BCUT2D eigenvalue weighted by molar-refractivity contribution is 0.114. The van der Waals surface area contributed by atoms with Crippen molar-refractivity contribution in [2.75, 3.05) is 19.7 Å². The lowest BCUT2D eigenvalue weighted by Gasteiger charge is -2.14. The van der Waals surface area contributed by atoms with Gasteiger partial charge in [0.05, 0.1) is 6.10 Å². The SMILES string of the molecule is CCNC(=NCc1cc2ccccc2o1)NCC1CCCO1. The van der Waals surface area contributed by atoms with E-state index >= 15 is 0 Å². The number of rotatable bonds is 5. The number of fused-ring (bicyclic) bond motifs is 1. The fourth-order valence-corrected chi connectivity index (χ4v) is 2.63. The van der Waals surface area contributed by atoms with Crippen molar-refractivity contribution in [2.45, 2.75) is 32.4 Å². The van der Waals surface area contributed by atoms with E-state index < -0.39 is 0 Å². The van der Waals surface area contributed by atoms with Gasteiger partial charge in [0, 0.05) is 25.1 Å². The van der Waals surface area contributed by atoms with Gasteiger partial charge in [-0.25, -0.2) is 4.99 Å². The van der Waals surface area contributed by atoms with Gasteiger partial charge in [-0.05, 0) is 31.9 Å². The van der Waals surface area contributed by atoms with Crippen LogP contribution < -0.4 is 10.6 Å². The Kier molecular flexibility index (Phi) is 4.96. The summed E-state index contributed by atoms with van der Waals surface area (Å²) in [4.78, 5) is 4.59. The van der Waals surface area contributed by atoms with E-state index in [1.54, 1.807) is 0 Å². The van der Waals surface area contributed by atoms with Crippen molar-refractivity contribution in [3.63, 3.8) is 0 Å². The minimum Gasteiger partial charge on any atom is -0.459 e. The van der Waals surface area contributed by atoms with Gasteiger partial charge in [-0.1, -0.05) is 18.2 Å². The molecule has 118 valence electrons. The highest BCUT2D eigenvalue weighted by Crippen LogP contribution is 2.19. The number of nitrogens with zero attached hydrogens (tertiary/aromatic N) is 1. The lowest BCUT2D eigenvalue weighted by atomic mass is 10.2. The smallest absolute Gasteiger partial charge is 0.191 e. The van der Waals surface area contributed by atoms with Crippen LogP contribution in [-0.2, 0) is 11.3 Å². The van der Waals surface area contributed by atoms with Gasteiger partial charge >= 0.3 is 0 Å². The van der Waals surface area contributed by atoms with Gasteiger partial charge < -0.3 is 19.8 Å². The molecule has 2 heterocycles. The second-order valence-corrected chi connectivity index (χ2v) is 5.46. The molecule has 0 saturated carbocycles. The van der Waals surface area contributed by atoms with Gasteiger partial charge in [-0.2, -0.15) is 0 Å². The van der Waals surface area contributed by atoms with Gasteiger partial charge in [0.2, 0.25) is 0 Å². The highest BCUT2D eigenvalue weighted by molar-refractivity contribution is 5.80. The Bertz CT molecular complexity index is 597. The molecular formula is C17H23N3O2. The summed E-state index contributed by atoms with van der Waals surface area (Å²) < 4.78 is 11.4. The van der Waals surface area contributed by atoms with Crippen LogP contribution in [0.1, 0.15) is 25.5 Å². The molecule has 2 N–H and O–H groups in total. The van der Waals surface area contributed by atoms with Crippen molar-refractivity contribution in [1.82, 2.24) is 10.6 Å². The highest BCUT2D eigenvalue weighted by atomic mass is 16.5. The second-order valence-electron chi connectivity index (χ2n) is 5.46. The summed E-state index contributed by atoms with van der Waals surface area (Å²) in [7, 11) is 0. The first-order valence-corrected chi connectivity index (χ1v) is 7.96. The molecule has 1 fully saturated rings. The monoisotopic (exact) mass is 301 g/mol. The van der Waals surface area contributed by atoms with E-state index in [-0.39, 0.29) is 0 Å². The second kappa shape index (κ2) is 7.31. The van der Waals surface area contributed by atoms with Crippen molar-refractivity contribution in [3.05, 3.63) is 36.1 Å². The van der Waals surface area contributed by atoms with E-state index in [1.165, 1.54) is 0 Å². The number of aliphatic imine (C=N–C) groups is 1. The summed E-state index contributed by atoms with van der Waals surface area (Å²) in [6, 6.07) is 10.1. The number of hydrogen-bond donors (Lipinski definition) is 2. The predicted octanol–water partition coefficient (Wildman–Crippen LogP) is 2.67. The van der Waals surface area contributed by atoms with Crippen LogP contribution in [0.25, 0.3) is 11.0 Å². The number of nitrogens with one attached hydrogen (secondary N) is 2. The summed E-state index contributed by atoms with van der Waals surface area (Å²) >= 11 is 0. The van der Waals surface area contributed by atoms with Crippen molar-refractivity contribution < 1.29 is 9.15 Å². The van der Waals surface area contributed by atoms with Crippen LogP contribution in [0, 0.1) is 0 Å². The zero-order valence-corrected chi connectivity index (χ0v) is 13.0. The van der Waals surface area contributed by atoms with Crippen molar-refractivity contribution in [1.29, 1.82) is 0 Å². The Morgan fingerprint density at radius 3 is 3.00 bits per heavy atom. The first-order valence-electron chi connectivity index (χ1n) is 7.96. The summed E-state index contributed by atoms with van der Waals surface area (Å²) in [6.45, 7) is 5.09. The van der Waals surface area contributed by atoms with Crippen molar-refractivity contribution in [3.8, 4) is 0 Å². The van der Waals surface area contributed by atoms with E-state index in [9.17, 15) is 0 Å². The summed E-state index contributed by atoms with van der Waals surface area (Å²) in [6.07, 6.45) is 2.57. The molecule has 0 bridgehead atoms. The Morgan fingerprint density at radius 1 is 1.32 bits per heavy atom. The molecule has 1 atom stereocenters. The maximum Gasteiger partial charge on any atom is 0.191 e. The average molecular weight is 301 g/mol. The molecule has 1 aliphatic rings. The molecular weight excluding hydrogens is 278 g/mol. The lowest BCUT2D eigenvalue weighted by Crippen LogP contribution is -2.41. The van der Waals surface area contributed by atoms with Gasteiger partial charge in [0.15, 0.2) is 5.96 Å². The highest BCUT2D eigenvalue weighted by Gasteiger charge is 2.15. The molecule has 0 spiro atoms. The Morgan fingerprint density at radius 2 is 2.23 bits per heavy atom. The third kappa shape index (κ3) is 3.80. The predicted molar refractivity (Wildman–Crippen MR) is 88.0 cm³/mol. The standard InChI is InChI=1S/C17H23N3O2/c1-2-18-17(19-11-14-7-5-9-21-14)20-12-15-10-13-6-3-4-8-16(13)22-15/h3-4,6,8,10,14H,2,5,7,9,11-12H2,1H3,(H2,18,19,20). The number of furan rings is 1. The summed E-state index contributed by atoms with van der Waals surface area (Å²) in [5.41, 5.74) is 0.907. The zero-order valence-electron chi connectivity index (χ0n) is 13.0.